The van der Waals surface area contributed by atoms with Crippen molar-refractivity contribution in [3.8, 4) is 23.0 Å². The van der Waals surface area contributed by atoms with Crippen LogP contribution in [0.4, 0.5) is 5.69 Å². The molecule has 3 N–H and O–H groups in total. The van der Waals surface area contributed by atoms with Gasteiger partial charge < -0.3 is 30.0 Å². The highest BCUT2D eigenvalue weighted by Gasteiger charge is 2.34. The number of aromatic nitrogens is 1. The molecule has 2 amide bonds. The van der Waals surface area contributed by atoms with E-state index >= 15 is 0 Å². The second-order valence-electron chi connectivity index (χ2n) is 9.90. The van der Waals surface area contributed by atoms with Crippen LogP contribution in [0.5, 0.6) is 23.0 Å². The number of thiazole rings is 1. The van der Waals surface area contributed by atoms with Crippen molar-refractivity contribution >= 4 is 34.9 Å². The van der Waals surface area contributed by atoms with Gasteiger partial charge in [-0.15, -0.1) is 0 Å². The molecule has 1 aromatic heterocycles. The van der Waals surface area contributed by atoms with E-state index in [1.54, 1.807) is 68.6 Å². The van der Waals surface area contributed by atoms with Crippen LogP contribution in [0.15, 0.2) is 87.8 Å². The molecule has 0 unspecified atom stereocenters. The molecule has 11 nitrogen and oxygen atoms in total. The second kappa shape index (κ2) is 13.5. The number of amides is 2. The molecule has 4 aromatic rings. The average molecular weight is 629 g/mol. The maximum absolute atomic E-state index is 14.2. The zero-order chi connectivity index (χ0) is 32.1. The first-order valence-electron chi connectivity index (χ1n) is 14.0. The first kappa shape index (κ1) is 31.1. The fraction of sp³-hybridized carbons (Fsp3) is 0.212. The van der Waals surface area contributed by atoms with Gasteiger partial charge in [-0.1, -0.05) is 35.6 Å². The number of nitrogens with one attached hydrogen (secondary N) is 1. The van der Waals surface area contributed by atoms with E-state index in [1.165, 1.54) is 23.0 Å². The minimum atomic E-state index is -0.850. The summed E-state index contributed by atoms with van der Waals surface area (Å²) in [5, 5.41) is 2.94. The predicted octanol–water partition coefficient (Wildman–Crippen LogP) is 3.15. The molecule has 1 atom stereocenters. The third kappa shape index (κ3) is 6.60. The molecule has 2 heterocycles. The lowest BCUT2D eigenvalue weighted by Gasteiger charge is -2.26. The second-order valence-corrected chi connectivity index (χ2v) is 10.9. The number of anilines is 1. The highest BCUT2D eigenvalue weighted by molar-refractivity contribution is 7.07. The van der Waals surface area contributed by atoms with E-state index < -0.39 is 17.9 Å². The molecule has 0 bridgehead atoms. The van der Waals surface area contributed by atoms with Gasteiger partial charge in [0.1, 0.15) is 17.5 Å². The van der Waals surface area contributed by atoms with Crippen LogP contribution in [-0.2, 0) is 9.59 Å². The Bertz CT molecular complexity index is 1960. The fourth-order valence-electron chi connectivity index (χ4n) is 4.97. The van der Waals surface area contributed by atoms with Crippen LogP contribution in [0.2, 0.25) is 0 Å². The molecular weight excluding hydrogens is 596 g/mol. The molecule has 1 aliphatic heterocycles. The van der Waals surface area contributed by atoms with Crippen molar-refractivity contribution in [1.82, 2.24) is 4.57 Å². The van der Waals surface area contributed by atoms with Crippen LogP contribution < -0.4 is 44.9 Å². The van der Waals surface area contributed by atoms with Crippen molar-refractivity contribution in [2.45, 2.75) is 19.9 Å². The molecule has 0 saturated carbocycles. The number of carbonyl (C=O) groups is 2. The van der Waals surface area contributed by atoms with Crippen LogP contribution in [0.3, 0.4) is 0 Å². The van der Waals surface area contributed by atoms with Crippen molar-refractivity contribution in [1.29, 1.82) is 0 Å². The van der Waals surface area contributed by atoms with E-state index in [2.05, 4.69) is 5.32 Å². The summed E-state index contributed by atoms with van der Waals surface area (Å²) in [4.78, 5) is 44.4. The minimum Gasteiger partial charge on any atom is -0.497 e. The van der Waals surface area contributed by atoms with Crippen molar-refractivity contribution in [2.24, 2.45) is 10.7 Å². The summed E-state index contributed by atoms with van der Waals surface area (Å²) in [6.07, 6.45) is 1.72. The van der Waals surface area contributed by atoms with Crippen LogP contribution >= 0.6 is 11.3 Å². The van der Waals surface area contributed by atoms with Gasteiger partial charge in [0.05, 0.1) is 36.6 Å². The van der Waals surface area contributed by atoms with Crippen molar-refractivity contribution in [3.63, 3.8) is 0 Å². The third-order valence-corrected chi connectivity index (χ3v) is 7.95. The third-order valence-electron chi connectivity index (χ3n) is 6.97. The van der Waals surface area contributed by atoms with Crippen LogP contribution in [0, 0.1) is 0 Å². The standard InChI is InChI=1S/C33H32N4O7S/c1-5-43-26-15-20(11-14-24(26)44-18-28(34)38)16-27-32(40)37-30(23-13-12-22(41-3)17-25(23)42-4)29(19(2)35-33(37)45-27)31(39)36-21-9-7-6-8-10-21/h6-17,30H,5,18H2,1-4H3,(H2,34,38)(H,36,39)/b27-16-/t30-/m1/s1. The van der Waals surface area contributed by atoms with Crippen LogP contribution in [0.25, 0.3) is 6.08 Å². The van der Waals surface area contributed by atoms with Crippen LogP contribution in [-0.4, -0.2) is 43.8 Å². The van der Waals surface area contributed by atoms with Gasteiger partial charge >= 0.3 is 0 Å². The number of methoxy groups -OCH3 is 2. The van der Waals surface area contributed by atoms with Crippen molar-refractivity contribution in [3.05, 3.63) is 109 Å². The molecule has 3 aromatic carbocycles. The number of para-hydroxylation sites is 1. The summed E-state index contributed by atoms with van der Waals surface area (Å²) < 4.78 is 24.2. The van der Waals surface area contributed by atoms with Gasteiger partial charge in [0.2, 0.25) is 0 Å². The summed E-state index contributed by atoms with van der Waals surface area (Å²) in [5.41, 5.74) is 7.51. The highest BCUT2D eigenvalue weighted by atomic mass is 32.1. The minimum absolute atomic E-state index is 0.299. The van der Waals surface area contributed by atoms with Crippen molar-refractivity contribution in [2.75, 3.05) is 32.8 Å². The van der Waals surface area contributed by atoms with Crippen LogP contribution in [0.1, 0.15) is 31.0 Å². The zero-order valence-corrected chi connectivity index (χ0v) is 26.0. The monoisotopic (exact) mass is 628 g/mol. The fourth-order valence-corrected chi connectivity index (χ4v) is 6.02. The quantitative estimate of drug-likeness (QED) is 0.260. The molecule has 0 radical (unpaired) electrons. The summed E-state index contributed by atoms with van der Waals surface area (Å²) >= 11 is 1.20. The smallest absolute Gasteiger partial charge is 0.271 e. The number of hydrogen-bond donors (Lipinski definition) is 2. The van der Waals surface area contributed by atoms with E-state index in [0.717, 1.165) is 0 Å². The number of primary amides is 1. The molecule has 0 spiro atoms. The Morgan fingerprint density at radius 1 is 1.00 bits per heavy atom. The summed E-state index contributed by atoms with van der Waals surface area (Å²) in [6.45, 7) is 3.63. The number of hydrogen-bond acceptors (Lipinski definition) is 9. The highest BCUT2D eigenvalue weighted by Crippen LogP contribution is 2.37. The summed E-state index contributed by atoms with van der Waals surface area (Å²) in [5.74, 6) is 0.751. The van der Waals surface area contributed by atoms with Gasteiger partial charge in [-0.2, -0.15) is 0 Å². The first-order valence-corrected chi connectivity index (χ1v) is 14.8. The Morgan fingerprint density at radius 3 is 2.47 bits per heavy atom. The Balaban J connectivity index is 1.66. The molecule has 0 fully saturated rings. The molecule has 0 aliphatic carbocycles. The van der Waals surface area contributed by atoms with Gasteiger partial charge in [0.25, 0.3) is 17.4 Å². The number of ether oxygens (including phenoxy) is 4. The normalized spacial score (nSPS) is 14.3. The molecule has 45 heavy (non-hydrogen) atoms. The first-order chi connectivity index (χ1) is 21.7. The van der Waals surface area contributed by atoms with E-state index in [-0.39, 0.29) is 12.2 Å². The Morgan fingerprint density at radius 2 is 1.78 bits per heavy atom. The number of nitrogens with zero attached hydrogens (tertiary/aromatic N) is 2. The maximum Gasteiger partial charge on any atom is 0.271 e. The van der Waals surface area contributed by atoms with E-state index in [1.807, 2.05) is 25.1 Å². The van der Waals surface area contributed by atoms with Gasteiger partial charge in [-0.25, -0.2) is 4.99 Å². The van der Waals surface area contributed by atoms with Gasteiger partial charge in [-0.3, -0.25) is 19.0 Å². The summed E-state index contributed by atoms with van der Waals surface area (Å²) in [6, 6.07) is 18.6. The number of rotatable bonds is 11. The molecule has 5 rings (SSSR count). The number of benzene rings is 3. The molecule has 1 aliphatic rings. The SMILES string of the molecule is CCOc1cc(/C=c2\sc3n(c2=O)[C@H](c2ccc(OC)cc2OC)C(C(=O)Nc2ccccc2)=C(C)N=3)ccc1OCC(N)=O. The van der Waals surface area contributed by atoms with Gasteiger partial charge in [-0.05, 0) is 61.9 Å². The van der Waals surface area contributed by atoms with E-state index in [0.29, 0.717) is 67.0 Å². The average Bonchev–Trinajstić information content (AvgIpc) is 3.33. The van der Waals surface area contributed by atoms with E-state index in [4.69, 9.17) is 29.7 Å². The Kier molecular flexibility index (Phi) is 9.33. The predicted molar refractivity (Wildman–Crippen MR) is 171 cm³/mol. The lowest BCUT2D eigenvalue weighted by Crippen LogP contribution is -2.40. The molecular formula is C33H32N4O7S. The van der Waals surface area contributed by atoms with Crippen molar-refractivity contribution < 1.29 is 28.5 Å². The number of nitrogens with two attached hydrogens (primary N) is 1. The summed E-state index contributed by atoms with van der Waals surface area (Å²) in [7, 11) is 3.07. The zero-order valence-electron chi connectivity index (χ0n) is 25.2. The number of fused-ring (bicyclic) bond motifs is 1. The maximum atomic E-state index is 14.2. The van der Waals surface area contributed by atoms with Gasteiger partial charge in [0, 0.05) is 17.3 Å². The topological polar surface area (TPSA) is 143 Å². The number of allylic oxidation sites excluding steroid dienone is 1. The van der Waals surface area contributed by atoms with E-state index in [9.17, 15) is 14.4 Å². The number of carbonyl (C=O) groups excluding carboxylic acids is 2. The lowest BCUT2D eigenvalue weighted by molar-refractivity contribution is -0.120. The van der Waals surface area contributed by atoms with Gasteiger partial charge in [0.15, 0.2) is 22.9 Å². The largest absolute Gasteiger partial charge is 0.497 e. The Labute approximate surface area is 262 Å². The molecule has 0 saturated heterocycles. The Hall–Kier alpha value is -5.36. The lowest BCUT2D eigenvalue weighted by atomic mass is 9.94. The molecule has 232 valence electrons. The molecule has 12 heteroatoms.